The minimum absolute atomic E-state index is 0.219. The SMILES string of the molecule is O=C1OC(=O)c2cc(Oc3ccc(Cl)cc3)ccc21. The topological polar surface area (TPSA) is 52.6 Å². The highest BCUT2D eigenvalue weighted by Crippen LogP contribution is 2.28. The van der Waals surface area contributed by atoms with Gasteiger partial charge in [0, 0.05) is 5.02 Å². The summed E-state index contributed by atoms with van der Waals surface area (Å²) in [6, 6.07) is 11.4. The zero-order valence-corrected chi connectivity index (χ0v) is 10.3. The van der Waals surface area contributed by atoms with Crippen LogP contribution in [-0.4, -0.2) is 11.9 Å². The highest BCUT2D eigenvalue weighted by atomic mass is 35.5. The summed E-state index contributed by atoms with van der Waals surface area (Å²) >= 11 is 5.77. The lowest BCUT2D eigenvalue weighted by Gasteiger charge is -2.06. The van der Waals surface area contributed by atoms with Crippen LogP contribution in [0, 0.1) is 0 Å². The van der Waals surface area contributed by atoms with Crippen LogP contribution in [-0.2, 0) is 4.74 Å². The molecule has 0 saturated heterocycles. The van der Waals surface area contributed by atoms with Crippen LogP contribution in [0.3, 0.4) is 0 Å². The third-order valence-electron chi connectivity index (χ3n) is 2.67. The van der Waals surface area contributed by atoms with Gasteiger partial charge < -0.3 is 9.47 Å². The number of hydrogen-bond donors (Lipinski definition) is 0. The Morgan fingerprint density at radius 1 is 0.842 bits per heavy atom. The molecule has 0 spiro atoms. The third kappa shape index (κ3) is 2.18. The standard InChI is InChI=1S/C14H7ClO4/c15-8-1-3-9(4-2-8)18-10-5-6-11-12(7-10)14(17)19-13(11)16/h1-7H. The number of esters is 2. The van der Waals surface area contributed by atoms with Gasteiger partial charge >= 0.3 is 11.9 Å². The minimum atomic E-state index is -0.651. The summed E-state index contributed by atoms with van der Waals surface area (Å²) in [5, 5.41) is 0.607. The van der Waals surface area contributed by atoms with Gasteiger partial charge in [0.05, 0.1) is 11.1 Å². The van der Waals surface area contributed by atoms with Crippen molar-refractivity contribution in [2.75, 3.05) is 0 Å². The zero-order valence-electron chi connectivity index (χ0n) is 9.55. The minimum Gasteiger partial charge on any atom is -0.457 e. The number of fused-ring (bicyclic) bond motifs is 1. The highest BCUT2D eigenvalue weighted by molar-refractivity contribution is 6.30. The fourth-order valence-corrected chi connectivity index (χ4v) is 1.89. The number of carbonyl (C=O) groups is 2. The lowest BCUT2D eigenvalue weighted by molar-refractivity contribution is 0.0443. The van der Waals surface area contributed by atoms with Gasteiger partial charge in [-0.2, -0.15) is 0 Å². The zero-order chi connectivity index (χ0) is 13.4. The van der Waals surface area contributed by atoms with Gasteiger partial charge in [0.25, 0.3) is 0 Å². The van der Waals surface area contributed by atoms with Crippen LogP contribution in [0.15, 0.2) is 42.5 Å². The predicted octanol–water partition coefficient (Wildman–Crippen LogP) is 3.44. The van der Waals surface area contributed by atoms with Crippen molar-refractivity contribution in [3.8, 4) is 11.5 Å². The molecule has 0 bridgehead atoms. The number of carbonyl (C=O) groups excluding carboxylic acids is 2. The van der Waals surface area contributed by atoms with E-state index in [0.29, 0.717) is 16.5 Å². The van der Waals surface area contributed by atoms with Crippen LogP contribution in [0.25, 0.3) is 0 Å². The van der Waals surface area contributed by atoms with Gasteiger partial charge in [0.1, 0.15) is 11.5 Å². The van der Waals surface area contributed by atoms with Crippen molar-refractivity contribution in [1.82, 2.24) is 0 Å². The van der Waals surface area contributed by atoms with Gasteiger partial charge in [-0.1, -0.05) is 11.6 Å². The van der Waals surface area contributed by atoms with Crippen molar-refractivity contribution in [3.05, 3.63) is 58.6 Å². The molecule has 19 heavy (non-hydrogen) atoms. The number of ether oxygens (including phenoxy) is 2. The van der Waals surface area contributed by atoms with E-state index in [4.69, 9.17) is 16.3 Å². The van der Waals surface area contributed by atoms with E-state index in [-0.39, 0.29) is 11.1 Å². The van der Waals surface area contributed by atoms with E-state index in [1.165, 1.54) is 12.1 Å². The van der Waals surface area contributed by atoms with Gasteiger partial charge in [0.2, 0.25) is 0 Å². The van der Waals surface area contributed by atoms with E-state index < -0.39 is 11.9 Å². The molecule has 0 amide bonds. The molecule has 0 saturated carbocycles. The molecule has 0 unspecified atom stereocenters. The van der Waals surface area contributed by atoms with Crippen LogP contribution in [0.5, 0.6) is 11.5 Å². The van der Waals surface area contributed by atoms with E-state index in [2.05, 4.69) is 4.74 Å². The first-order valence-electron chi connectivity index (χ1n) is 5.47. The molecule has 4 nitrogen and oxygen atoms in total. The van der Waals surface area contributed by atoms with Crippen LogP contribution in [0.4, 0.5) is 0 Å². The maximum absolute atomic E-state index is 11.4. The van der Waals surface area contributed by atoms with Crippen molar-refractivity contribution in [1.29, 1.82) is 0 Å². The van der Waals surface area contributed by atoms with Crippen molar-refractivity contribution >= 4 is 23.5 Å². The number of benzene rings is 2. The fourth-order valence-electron chi connectivity index (χ4n) is 1.77. The van der Waals surface area contributed by atoms with E-state index in [1.54, 1.807) is 30.3 Å². The Morgan fingerprint density at radius 2 is 1.47 bits per heavy atom. The molecule has 1 aliphatic heterocycles. The molecule has 1 heterocycles. The van der Waals surface area contributed by atoms with Crippen LogP contribution in [0.1, 0.15) is 20.7 Å². The second-order valence-electron chi connectivity index (χ2n) is 3.94. The summed E-state index contributed by atoms with van der Waals surface area (Å²) in [5.74, 6) is -0.241. The molecule has 5 heteroatoms. The van der Waals surface area contributed by atoms with Crippen molar-refractivity contribution in [2.24, 2.45) is 0 Å². The molecule has 0 N–H and O–H groups in total. The largest absolute Gasteiger partial charge is 0.457 e. The molecule has 94 valence electrons. The second-order valence-corrected chi connectivity index (χ2v) is 4.38. The van der Waals surface area contributed by atoms with Gasteiger partial charge in [-0.15, -0.1) is 0 Å². The maximum atomic E-state index is 11.4. The molecular weight excluding hydrogens is 268 g/mol. The molecule has 1 aliphatic rings. The normalized spacial score (nSPS) is 13.1. The molecule has 0 atom stereocenters. The Hall–Kier alpha value is -2.33. The first kappa shape index (κ1) is 11.7. The van der Waals surface area contributed by atoms with Gasteiger partial charge in [0.15, 0.2) is 0 Å². The van der Waals surface area contributed by atoms with E-state index in [0.717, 1.165) is 0 Å². The molecular formula is C14H7ClO4. The van der Waals surface area contributed by atoms with E-state index in [9.17, 15) is 9.59 Å². The number of hydrogen-bond acceptors (Lipinski definition) is 4. The van der Waals surface area contributed by atoms with Crippen LogP contribution in [0.2, 0.25) is 5.02 Å². The van der Waals surface area contributed by atoms with Crippen molar-refractivity contribution < 1.29 is 19.1 Å². The Kier molecular flexibility index (Phi) is 2.72. The average Bonchev–Trinajstić information content (AvgIpc) is 2.68. The summed E-state index contributed by atoms with van der Waals surface area (Å²) < 4.78 is 10.1. The van der Waals surface area contributed by atoms with Gasteiger partial charge in [-0.25, -0.2) is 9.59 Å². The molecule has 0 aliphatic carbocycles. The summed E-state index contributed by atoms with van der Waals surface area (Å²) in [4.78, 5) is 22.7. The Bertz CT molecular complexity index is 676. The molecule has 0 aromatic heterocycles. The predicted molar refractivity (Wildman–Crippen MR) is 67.7 cm³/mol. The molecule has 2 aromatic rings. The smallest absolute Gasteiger partial charge is 0.347 e. The average molecular weight is 275 g/mol. The van der Waals surface area contributed by atoms with Crippen LogP contribution < -0.4 is 4.74 Å². The summed E-state index contributed by atoms with van der Waals surface area (Å²) in [5.41, 5.74) is 0.477. The van der Waals surface area contributed by atoms with Crippen LogP contribution >= 0.6 is 11.6 Å². The lowest BCUT2D eigenvalue weighted by atomic mass is 10.1. The number of halogens is 1. The van der Waals surface area contributed by atoms with Gasteiger partial charge in [-0.3, -0.25) is 0 Å². The first-order valence-corrected chi connectivity index (χ1v) is 5.85. The second kappa shape index (κ2) is 4.40. The Morgan fingerprint density at radius 3 is 2.21 bits per heavy atom. The highest BCUT2D eigenvalue weighted by Gasteiger charge is 2.29. The Labute approximate surface area is 113 Å². The molecule has 3 rings (SSSR count). The first-order chi connectivity index (χ1) is 9.13. The monoisotopic (exact) mass is 274 g/mol. The summed E-state index contributed by atoms with van der Waals surface area (Å²) in [6.07, 6.45) is 0. The number of rotatable bonds is 2. The third-order valence-corrected chi connectivity index (χ3v) is 2.92. The number of cyclic esters (lactones) is 2. The Balaban J connectivity index is 1.91. The van der Waals surface area contributed by atoms with E-state index >= 15 is 0 Å². The quantitative estimate of drug-likeness (QED) is 0.622. The van der Waals surface area contributed by atoms with Crippen molar-refractivity contribution in [2.45, 2.75) is 0 Å². The maximum Gasteiger partial charge on any atom is 0.347 e. The molecule has 2 aromatic carbocycles. The lowest BCUT2D eigenvalue weighted by Crippen LogP contribution is -1.96. The van der Waals surface area contributed by atoms with E-state index in [1.807, 2.05) is 0 Å². The van der Waals surface area contributed by atoms with Gasteiger partial charge in [-0.05, 0) is 42.5 Å². The fraction of sp³-hybridized carbons (Fsp3) is 0. The molecule has 0 fully saturated rings. The summed E-state index contributed by atoms with van der Waals surface area (Å²) in [7, 11) is 0. The van der Waals surface area contributed by atoms with Crippen molar-refractivity contribution in [3.63, 3.8) is 0 Å². The molecule has 0 radical (unpaired) electrons. The summed E-state index contributed by atoms with van der Waals surface area (Å²) in [6.45, 7) is 0.